The van der Waals surface area contributed by atoms with Crippen LogP contribution < -0.4 is 4.74 Å². The van der Waals surface area contributed by atoms with Crippen LogP contribution in [0.5, 0.6) is 5.88 Å². The van der Waals surface area contributed by atoms with Gasteiger partial charge in [0.05, 0.1) is 28.1 Å². The third-order valence-corrected chi connectivity index (χ3v) is 8.22. The standard InChI is InChI=1S/C25H25FN4O5S/c1-25(8-9-25)35-24(31)30-15-3-4-16(30)12-17(11-15)34-23-19-7-10-29(22(19)27-14-28-23)21-6-5-18(13-20(21)26)36(2,32)33/h3-7,10,13-17H,8-9,11-12H2,1-2H3/t15-,16-/m0/s1. The van der Waals surface area contributed by atoms with E-state index in [-0.39, 0.29) is 40.5 Å². The molecule has 2 fully saturated rings. The van der Waals surface area contributed by atoms with Gasteiger partial charge in [0.25, 0.3) is 0 Å². The lowest BCUT2D eigenvalue weighted by Crippen LogP contribution is -2.50. The van der Waals surface area contributed by atoms with E-state index in [4.69, 9.17) is 9.47 Å². The molecule has 2 aliphatic heterocycles. The van der Waals surface area contributed by atoms with Crippen LogP contribution in [0.1, 0.15) is 32.6 Å². The third-order valence-electron chi connectivity index (χ3n) is 7.11. The molecule has 1 aromatic carbocycles. The fourth-order valence-electron chi connectivity index (χ4n) is 4.90. The average Bonchev–Trinajstić information content (AvgIpc) is 3.26. The third kappa shape index (κ3) is 4.01. The molecular weight excluding hydrogens is 487 g/mol. The molecule has 3 aliphatic rings. The first kappa shape index (κ1) is 23.0. The van der Waals surface area contributed by atoms with Crippen molar-refractivity contribution in [2.75, 3.05) is 6.26 Å². The topological polar surface area (TPSA) is 104 Å². The summed E-state index contributed by atoms with van der Waals surface area (Å²) in [5, 5.41) is 0.605. The molecule has 0 N–H and O–H groups in total. The number of amides is 1. The number of piperidine rings is 1. The zero-order valence-electron chi connectivity index (χ0n) is 19.8. The minimum Gasteiger partial charge on any atom is -0.474 e. The van der Waals surface area contributed by atoms with E-state index in [1.807, 2.05) is 19.1 Å². The van der Waals surface area contributed by atoms with Crippen LogP contribution in [0.2, 0.25) is 0 Å². The molecule has 11 heteroatoms. The first-order chi connectivity index (χ1) is 17.1. The maximum Gasteiger partial charge on any atom is 0.411 e. The zero-order chi connectivity index (χ0) is 25.2. The van der Waals surface area contributed by atoms with Crippen molar-refractivity contribution in [2.24, 2.45) is 0 Å². The number of hydrogen-bond donors (Lipinski definition) is 0. The predicted molar refractivity (Wildman–Crippen MR) is 128 cm³/mol. The molecule has 3 aromatic rings. The largest absolute Gasteiger partial charge is 0.474 e. The number of fused-ring (bicyclic) bond motifs is 3. The normalized spacial score (nSPS) is 24.2. The van der Waals surface area contributed by atoms with E-state index in [0.29, 0.717) is 29.8 Å². The summed E-state index contributed by atoms with van der Waals surface area (Å²) in [5.74, 6) is -0.309. The number of halogens is 1. The van der Waals surface area contributed by atoms with Crippen molar-refractivity contribution < 1.29 is 27.1 Å². The Kier molecular flexibility index (Phi) is 5.12. The Morgan fingerprint density at radius 3 is 2.50 bits per heavy atom. The van der Waals surface area contributed by atoms with Crippen LogP contribution in [0.25, 0.3) is 16.7 Å². The van der Waals surface area contributed by atoms with Gasteiger partial charge < -0.3 is 9.47 Å². The number of rotatable bonds is 5. The molecule has 0 spiro atoms. The van der Waals surface area contributed by atoms with Crippen LogP contribution in [-0.2, 0) is 14.6 Å². The molecule has 2 bridgehead atoms. The number of aromatic nitrogens is 3. The van der Waals surface area contributed by atoms with Gasteiger partial charge in [0.1, 0.15) is 23.8 Å². The van der Waals surface area contributed by atoms with E-state index in [9.17, 15) is 17.6 Å². The Morgan fingerprint density at radius 1 is 1.14 bits per heavy atom. The quantitative estimate of drug-likeness (QED) is 0.479. The van der Waals surface area contributed by atoms with Gasteiger partial charge in [-0.05, 0) is 44.0 Å². The molecular formula is C25H25FN4O5S. The Morgan fingerprint density at radius 2 is 1.86 bits per heavy atom. The first-order valence-corrected chi connectivity index (χ1v) is 13.7. The summed E-state index contributed by atoms with van der Waals surface area (Å²) < 4.78 is 51.8. The highest BCUT2D eigenvalue weighted by Gasteiger charge is 2.47. The lowest BCUT2D eigenvalue weighted by Gasteiger charge is -2.38. The minimum absolute atomic E-state index is 0.0939. The highest BCUT2D eigenvalue weighted by atomic mass is 32.2. The molecule has 1 aliphatic carbocycles. The Hall–Kier alpha value is -3.47. The van der Waals surface area contributed by atoms with Crippen LogP contribution in [0.15, 0.2) is 53.8 Å². The molecule has 1 amide bonds. The summed E-state index contributed by atoms with van der Waals surface area (Å²) in [6.07, 6.45) is 10.6. The molecule has 2 atom stereocenters. The summed E-state index contributed by atoms with van der Waals surface area (Å²) in [6, 6.07) is 5.31. The highest BCUT2D eigenvalue weighted by Crippen LogP contribution is 2.41. The van der Waals surface area contributed by atoms with E-state index >= 15 is 0 Å². The molecule has 9 nitrogen and oxygen atoms in total. The molecule has 4 heterocycles. The fraction of sp³-hybridized carbons (Fsp3) is 0.400. The van der Waals surface area contributed by atoms with Gasteiger partial charge in [0, 0.05) is 25.3 Å². The van der Waals surface area contributed by atoms with Gasteiger partial charge in [-0.2, -0.15) is 0 Å². The van der Waals surface area contributed by atoms with Gasteiger partial charge in [-0.15, -0.1) is 0 Å². The highest BCUT2D eigenvalue weighted by molar-refractivity contribution is 7.90. The first-order valence-electron chi connectivity index (χ1n) is 11.8. The summed E-state index contributed by atoms with van der Waals surface area (Å²) >= 11 is 0. The molecule has 0 radical (unpaired) electrons. The zero-order valence-corrected chi connectivity index (χ0v) is 20.6. The van der Waals surface area contributed by atoms with E-state index in [1.165, 1.54) is 23.0 Å². The van der Waals surface area contributed by atoms with Crippen molar-refractivity contribution >= 4 is 27.0 Å². The molecule has 36 heavy (non-hydrogen) atoms. The van der Waals surface area contributed by atoms with Gasteiger partial charge in [-0.3, -0.25) is 9.47 Å². The summed E-state index contributed by atoms with van der Waals surface area (Å²) in [7, 11) is -3.53. The number of benzene rings is 1. The number of sulfone groups is 1. The fourth-order valence-corrected chi connectivity index (χ4v) is 5.54. The number of carbonyl (C=O) groups is 1. The van der Waals surface area contributed by atoms with E-state index in [0.717, 1.165) is 25.2 Å². The van der Waals surface area contributed by atoms with Crippen molar-refractivity contribution in [1.82, 2.24) is 19.4 Å². The predicted octanol–water partition coefficient (Wildman–Crippen LogP) is 3.80. The molecule has 1 saturated heterocycles. The van der Waals surface area contributed by atoms with Crippen molar-refractivity contribution in [1.29, 1.82) is 0 Å². The van der Waals surface area contributed by atoms with Crippen LogP contribution in [0, 0.1) is 5.82 Å². The minimum atomic E-state index is -3.53. The van der Waals surface area contributed by atoms with Gasteiger partial charge in [0.2, 0.25) is 5.88 Å². The average molecular weight is 513 g/mol. The monoisotopic (exact) mass is 512 g/mol. The number of nitrogens with zero attached hydrogens (tertiary/aromatic N) is 4. The Balaban J connectivity index is 1.22. The van der Waals surface area contributed by atoms with Gasteiger partial charge in [0.15, 0.2) is 15.5 Å². The van der Waals surface area contributed by atoms with Gasteiger partial charge in [-0.25, -0.2) is 27.6 Å². The molecule has 6 rings (SSSR count). The lowest BCUT2D eigenvalue weighted by atomic mass is 9.99. The van der Waals surface area contributed by atoms with E-state index in [1.54, 1.807) is 17.2 Å². The summed E-state index contributed by atoms with van der Waals surface area (Å²) in [4.78, 5) is 23.0. The van der Waals surface area contributed by atoms with Gasteiger partial charge >= 0.3 is 6.09 Å². The molecule has 188 valence electrons. The van der Waals surface area contributed by atoms with Crippen molar-refractivity contribution in [3.8, 4) is 11.6 Å². The Labute approximate surface area is 207 Å². The smallest absolute Gasteiger partial charge is 0.411 e. The summed E-state index contributed by atoms with van der Waals surface area (Å²) in [5.41, 5.74) is 0.278. The van der Waals surface area contributed by atoms with Crippen molar-refractivity contribution in [3.05, 3.63) is 54.8 Å². The number of carbonyl (C=O) groups excluding carboxylic acids is 1. The maximum atomic E-state index is 14.8. The second-order valence-corrected chi connectivity index (χ2v) is 12.0. The Bertz CT molecular complexity index is 1500. The maximum absolute atomic E-state index is 14.8. The molecule has 2 aromatic heterocycles. The number of ether oxygens (including phenoxy) is 2. The van der Waals surface area contributed by atoms with E-state index in [2.05, 4.69) is 9.97 Å². The van der Waals surface area contributed by atoms with E-state index < -0.39 is 15.7 Å². The molecule has 1 saturated carbocycles. The van der Waals surface area contributed by atoms with Crippen LogP contribution in [0.4, 0.5) is 9.18 Å². The second kappa shape index (κ2) is 8.02. The van der Waals surface area contributed by atoms with Crippen molar-refractivity contribution in [3.63, 3.8) is 0 Å². The van der Waals surface area contributed by atoms with Gasteiger partial charge in [-0.1, -0.05) is 12.2 Å². The summed E-state index contributed by atoms with van der Waals surface area (Å²) in [6.45, 7) is 1.95. The van der Waals surface area contributed by atoms with Crippen LogP contribution >= 0.6 is 0 Å². The SMILES string of the molecule is CC1(OC(=O)N2[C@H]3C=C[C@H]2CC(Oc2ncnc4c2ccn4-c2ccc(S(C)(=O)=O)cc2F)C3)CC1. The molecule has 0 unspecified atom stereocenters. The number of hydrogen-bond acceptors (Lipinski definition) is 7. The van der Waals surface area contributed by atoms with Crippen LogP contribution in [0.3, 0.4) is 0 Å². The second-order valence-electron chi connectivity index (χ2n) is 9.94. The lowest BCUT2D eigenvalue weighted by molar-refractivity contribution is 0.0171. The van der Waals surface area contributed by atoms with Crippen LogP contribution in [-0.4, -0.2) is 64.0 Å². The van der Waals surface area contributed by atoms with Crippen molar-refractivity contribution in [2.45, 2.75) is 61.3 Å².